The van der Waals surface area contributed by atoms with Crippen molar-refractivity contribution in [1.82, 2.24) is 89.0 Å². The van der Waals surface area contributed by atoms with Crippen molar-refractivity contribution in [3.05, 3.63) is 126 Å². The number of nitrogens with one attached hydrogen (secondary N) is 5. The summed E-state index contributed by atoms with van der Waals surface area (Å²) in [7, 11) is 6.09. The Kier molecular flexibility index (Phi) is 15.5. The van der Waals surface area contributed by atoms with E-state index in [0.29, 0.717) is 76.1 Å². The Morgan fingerprint density at radius 2 is 0.890 bits per heavy atom. The Hall–Kier alpha value is -9.78. The van der Waals surface area contributed by atoms with Crippen molar-refractivity contribution in [2.45, 2.75) is 75.9 Å². The number of amides is 3. The van der Waals surface area contributed by atoms with E-state index in [1.165, 1.54) is 12.8 Å². The minimum atomic E-state index is -0.131. The van der Waals surface area contributed by atoms with Gasteiger partial charge in [0.2, 0.25) is 0 Å². The molecule has 2 aliphatic heterocycles. The number of benzene rings is 3. The number of hydrogen-bond donors (Lipinski definition) is 5. The van der Waals surface area contributed by atoms with Crippen molar-refractivity contribution in [3.63, 3.8) is 0 Å². The summed E-state index contributed by atoms with van der Waals surface area (Å²) in [5.74, 6) is -0.187. The third-order valence-electron chi connectivity index (χ3n) is 17.9. The minimum Gasteiger partial charge on any atom is -0.381 e. The molecule has 0 radical (unpaired) electrons. The van der Waals surface area contributed by atoms with Crippen molar-refractivity contribution in [2.24, 2.45) is 0 Å². The molecule has 3 saturated carbocycles. The van der Waals surface area contributed by atoms with E-state index in [2.05, 4.69) is 74.0 Å². The van der Waals surface area contributed by atoms with Gasteiger partial charge in [-0.1, -0.05) is 36.4 Å². The molecule has 12 aromatic rings. The maximum atomic E-state index is 14.0. The van der Waals surface area contributed by atoms with Gasteiger partial charge in [-0.25, -0.2) is 15.0 Å². The zero-order chi connectivity index (χ0) is 61.7. The van der Waals surface area contributed by atoms with Crippen molar-refractivity contribution in [2.75, 3.05) is 103 Å². The van der Waals surface area contributed by atoms with E-state index < -0.39 is 0 Å². The lowest BCUT2D eigenvalue weighted by Crippen LogP contribution is -2.35. The molecule has 2 saturated heterocycles. The Bertz CT molecular complexity index is 4770. The molecule has 24 nitrogen and oxygen atoms in total. The summed E-state index contributed by atoms with van der Waals surface area (Å²) in [5.41, 5.74) is 13.5. The number of pyridine rings is 3. The average molecular weight is 1220 g/mol. The van der Waals surface area contributed by atoms with Crippen molar-refractivity contribution < 1.29 is 14.4 Å². The van der Waals surface area contributed by atoms with Crippen LogP contribution in [-0.4, -0.2) is 201 Å². The molecule has 5 fully saturated rings. The van der Waals surface area contributed by atoms with Crippen molar-refractivity contribution in [1.29, 1.82) is 0 Å². The number of anilines is 3. The molecule has 5 N–H and O–H groups in total. The van der Waals surface area contributed by atoms with E-state index in [1.807, 2.05) is 128 Å². The van der Waals surface area contributed by atoms with Crippen molar-refractivity contribution >= 4 is 118 Å². The summed E-state index contributed by atoms with van der Waals surface area (Å²) in [6.07, 6.45) is 15.2. The second kappa shape index (κ2) is 24.5. The van der Waals surface area contributed by atoms with Gasteiger partial charge in [-0.3, -0.25) is 27.6 Å². The maximum Gasteiger partial charge on any atom is 0.259 e. The lowest BCUT2D eigenvalue weighted by molar-refractivity contribution is 0.0764. The maximum absolute atomic E-state index is 14.0. The van der Waals surface area contributed by atoms with Gasteiger partial charge in [0.25, 0.3) is 17.7 Å². The van der Waals surface area contributed by atoms with Crippen LogP contribution < -0.4 is 26.6 Å². The number of aromatic nitrogens is 12. The first-order valence-corrected chi connectivity index (χ1v) is 32.0. The largest absolute Gasteiger partial charge is 0.381 e. The molecule has 0 bridgehead atoms. The highest BCUT2D eigenvalue weighted by Crippen LogP contribution is 2.40. The number of imidazole rings is 3. The molecule has 5 aliphatic rings. The van der Waals surface area contributed by atoms with Crippen LogP contribution in [0.2, 0.25) is 0 Å². The van der Waals surface area contributed by atoms with Gasteiger partial charge in [0, 0.05) is 80.1 Å². The fraction of sp³-hybridized carbons (Fsp3) is 0.373. The molecular formula is C67H73N21O3. The summed E-state index contributed by atoms with van der Waals surface area (Å²) >= 11 is 0. The number of likely N-dealkylation sites (tertiary alicyclic amines) is 1. The summed E-state index contributed by atoms with van der Waals surface area (Å²) in [6, 6.07) is 30.7. The van der Waals surface area contributed by atoms with Crippen LogP contribution in [0.1, 0.15) is 88.9 Å². The van der Waals surface area contributed by atoms with Crippen LogP contribution in [0.5, 0.6) is 0 Å². The zero-order valence-electron chi connectivity index (χ0n) is 51.4. The predicted molar refractivity (Wildman–Crippen MR) is 354 cm³/mol. The van der Waals surface area contributed by atoms with E-state index in [1.54, 1.807) is 18.6 Å². The van der Waals surface area contributed by atoms with Gasteiger partial charge >= 0.3 is 0 Å². The summed E-state index contributed by atoms with van der Waals surface area (Å²) in [5, 5.41) is 45.3. The molecule has 11 heterocycles. The molecule has 0 spiro atoms. The van der Waals surface area contributed by atoms with Crippen LogP contribution in [0.4, 0.5) is 17.1 Å². The van der Waals surface area contributed by atoms with Crippen LogP contribution >= 0.6 is 0 Å². The van der Waals surface area contributed by atoms with Crippen LogP contribution in [0, 0.1) is 0 Å². The van der Waals surface area contributed by atoms with E-state index in [9.17, 15) is 14.4 Å². The Labute approximate surface area is 523 Å². The van der Waals surface area contributed by atoms with Gasteiger partial charge in [0.15, 0.2) is 33.9 Å². The number of carbonyl (C=O) groups excluding carboxylic acids is 3. The number of nitrogens with zero attached hydrogens (tertiary/aromatic N) is 16. The first-order valence-electron chi connectivity index (χ1n) is 32.0. The highest BCUT2D eigenvalue weighted by Gasteiger charge is 2.34. The third-order valence-corrected chi connectivity index (χ3v) is 17.9. The lowest BCUT2D eigenvalue weighted by Gasteiger charge is -2.23. The quantitative estimate of drug-likeness (QED) is 0.0654. The van der Waals surface area contributed by atoms with E-state index in [0.717, 1.165) is 169 Å². The Morgan fingerprint density at radius 3 is 1.33 bits per heavy atom. The molecule has 0 atom stereocenters. The summed E-state index contributed by atoms with van der Waals surface area (Å²) in [4.78, 5) is 64.1. The fourth-order valence-electron chi connectivity index (χ4n) is 12.7. The highest BCUT2D eigenvalue weighted by molar-refractivity contribution is 6.16. The highest BCUT2D eigenvalue weighted by atomic mass is 16.2. The average Bonchev–Trinajstić information content (AvgIpc) is 1.67. The molecule has 24 heteroatoms. The number of hydrogen-bond acceptors (Lipinski definition) is 18. The molecule has 3 aromatic carbocycles. The second-order valence-electron chi connectivity index (χ2n) is 24.9. The van der Waals surface area contributed by atoms with Crippen LogP contribution in [0.15, 0.2) is 110 Å². The van der Waals surface area contributed by atoms with Gasteiger partial charge < -0.3 is 46.2 Å². The topological polar surface area (TPSA) is 254 Å². The van der Waals surface area contributed by atoms with Crippen LogP contribution in [0.3, 0.4) is 0 Å². The van der Waals surface area contributed by atoms with Gasteiger partial charge in [-0.05, 0) is 153 Å². The predicted octanol–water partition coefficient (Wildman–Crippen LogP) is 7.91. The monoisotopic (exact) mass is 1220 g/mol. The molecule has 3 amide bonds. The van der Waals surface area contributed by atoms with Gasteiger partial charge in [-0.2, -0.15) is 15.3 Å². The van der Waals surface area contributed by atoms with Crippen LogP contribution in [0.25, 0.3) is 83.1 Å². The lowest BCUT2D eigenvalue weighted by atomic mass is 10.1. The van der Waals surface area contributed by atoms with Gasteiger partial charge in [0.05, 0.1) is 68.8 Å². The number of fused-ring (bicyclic) bond motifs is 15. The van der Waals surface area contributed by atoms with Crippen LogP contribution in [-0.2, 0) is 0 Å². The summed E-state index contributed by atoms with van der Waals surface area (Å²) < 4.78 is 5.90. The van der Waals surface area contributed by atoms with E-state index in [4.69, 9.17) is 15.0 Å². The normalized spacial score (nSPS) is 16.5. The van der Waals surface area contributed by atoms with Gasteiger partial charge in [0.1, 0.15) is 16.7 Å². The first-order chi connectivity index (χ1) is 44.6. The molecule has 9 aromatic heterocycles. The molecule has 91 heavy (non-hydrogen) atoms. The minimum absolute atomic E-state index is 0.0393. The number of para-hydroxylation sites is 6. The number of likely N-dealkylation sites (N-methyl/N-ethyl adjacent to an activating group) is 2. The molecular weight excluding hydrogens is 1150 g/mol. The third kappa shape index (κ3) is 11.4. The fourth-order valence-corrected chi connectivity index (χ4v) is 12.7. The second-order valence-corrected chi connectivity index (χ2v) is 24.9. The van der Waals surface area contributed by atoms with Gasteiger partial charge in [-0.15, -0.1) is 15.3 Å². The van der Waals surface area contributed by atoms with Crippen molar-refractivity contribution in [3.8, 4) is 0 Å². The zero-order valence-corrected chi connectivity index (χ0v) is 51.4. The molecule has 3 aliphatic carbocycles. The standard InChI is InChI=1S/2C23H25N7O.C21H23N7O/c1-28-11-4-12-29(14-13-28)23(31)19-20(25-15-7-8-15)16-9-10-24-27-21(16)30-18-6-3-2-5-17(18)26-22(19)30;31-23(24-11-14-29-12-3-4-13-29)19-20(26-15-7-8-15)16-9-10-25-28-21(16)30-18-6-2-1-5-17(18)27-22(19)30;1-27(2)12-11-22-21(29)17-18(24-13-7-8-13)14-9-10-23-26-19(14)28-16-6-4-3-5-15(16)25-20(17)28/h2-3,5-6,9-10,15,25H,4,7-8,11-14H2,1H3;1-2,5-6,9-10,15,26H,3-4,7-8,11-14H2,(H,24,31);3-6,9-10,13,24H,7-8,11-12H2,1-2H3,(H,22,29). The summed E-state index contributed by atoms with van der Waals surface area (Å²) in [6.45, 7) is 8.43. The Balaban J connectivity index is 0.000000114. The first kappa shape index (κ1) is 57.6. The number of rotatable bonds is 15. The van der Waals surface area contributed by atoms with E-state index in [-0.39, 0.29) is 17.7 Å². The smallest absolute Gasteiger partial charge is 0.259 e. The molecule has 17 rings (SSSR count). The Morgan fingerprint density at radius 1 is 0.473 bits per heavy atom. The van der Waals surface area contributed by atoms with E-state index >= 15 is 0 Å². The number of carbonyl (C=O) groups is 3. The molecule has 0 unspecified atom stereocenters. The molecule has 464 valence electrons. The SMILES string of the molecule is CN(C)CCNC(=O)c1c(NC2CC2)c2ccnnc2n2c1nc1ccccc12.CN1CCCN(C(=O)c2c(NC3CC3)c3ccnnc3n3c2nc2ccccc23)CC1.O=C(NCCN1CCCC1)c1c(NC2CC2)c2ccnnc2n2c1nc1ccccc12.